The highest BCUT2D eigenvalue weighted by Crippen LogP contribution is 2.41. The second-order valence-electron chi connectivity index (χ2n) is 8.96. The molecule has 1 aromatic carbocycles. The Bertz CT molecular complexity index is 855. The Balaban J connectivity index is 1.49. The van der Waals surface area contributed by atoms with E-state index in [-0.39, 0.29) is 17.5 Å². The molecular weight excluding hydrogens is 442 g/mol. The normalized spacial score (nSPS) is 21.6. The molecule has 3 rings (SSSR count). The Morgan fingerprint density at radius 2 is 2.12 bits per heavy atom. The first-order valence-electron chi connectivity index (χ1n) is 12.0. The van der Waals surface area contributed by atoms with Gasteiger partial charge in [-0.05, 0) is 74.3 Å². The molecule has 4 nitrogen and oxygen atoms in total. The number of hydrogen-bond acceptors (Lipinski definition) is 5. The summed E-state index contributed by atoms with van der Waals surface area (Å²) in [4.78, 5) is 16.5. The van der Waals surface area contributed by atoms with E-state index >= 15 is 0 Å². The maximum atomic E-state index is 11.6. The van der Waals surface area contributed by atoms with E-state index in [0.29, 0.717) is 16.7 Å². The minimum atomic E-state index is -0.361. The van der Waals surface area contributed by atoms with Crippen molar-refractivity contribution in [1.29, 1.82) is 0 Å². The number of aryl methyl sites for hydroxylation is 2. The van der Waals surface area contributed by atoms with Crippen molar-refractivity contribution in [3.8, 4) is 0 Å². The number of nitrogens with zero attached hydrogens (tertiary/aromatic N) is 1. The van der Waals surface area contributed by atoms with Crippen LogP contribution >= 0.6 is 22.9 Å². The third-order valence-electron chi connectivity index (χ3n) is 6.72. The first-order chi connectivity index (χ1) is 15.5. The van der Waals surface area contributed by atoms with E-state index in [1.54, 1.807) is 6.20 Å². The summed E-state index contributed by atoms with van der Waals surface area (Å²) in [5, 5.41) is 11.7. The number of halogens is 1. The highest BCUT2D eigenvalue weighted by Gasteiger charge is 2.34. The van der Waals surface area contributed by atoms with Crippen molar-refractivity contribution in [3.05, 3.63) is 51.5 Å². The van der Waals surface area contributed by atoms with Crippen molar-refractivity contribution in [2.75, 3.05) is 7.11 Å². The van der Waals surface area contributed by atoms with Gasteiger partial charge in [-0.25, -0.2) is 9.78 Å². The number of benzene rings is 1. The number of esters is 1. The van der Waals surface area contributed by atoms with E-state index in [9.17, 15) is 9.90 Å². The zero-order valence-corrected chi connectivity index (χ0v) is 20.8. The molecule has 1 aliphatic carbocycles. The Morgan fingerprint density at radius 1 is 1.28 bits per heavy atom. The fourth-order valence-electron chi connectivity index (χ4n) is 4.86. The van der Waals surface area contributed by atoms with Gasteiger partial charge in [0.1, 0.15) is 4.88 Å². The first-order valence-corrected chi connectivity index (χ1v) is 13.2. The van der Waals surface area contributed by atoms with Gasteiger partial charge in [-0.3, -0.25) is 0 Å². The summed E-state index contributed by atoms with van der Waals surface area (Å²) in [5.74, 6) is 0.875. The van der Waals surface area contributed by atoms with E-state index in [0.717, 1.165) is 68.4 Å². The molecule has 0 aliphatic heterocycles. The van der Waals surface area contributed by atoms with E-state index in [1.807, 2.05) is 6.07 Å². The molecule has 1 aromatic heterocycles. The Hall–Kier alpha value is -1.43. The van der Waals surface area contributed by atoms with Crippen molar-refractivity contribution in [3.63, 3.8) is 0 Å². The number of aliphatic hydroxyl groups is 1. The lowest BCUT2D eigenvalue weighted by molar-refractivity contribution is 0.0606. The van der Waals surface area contributed by atoms with Gasteiger partial charge >= 0.3 is 5.97 Å². The third-order valence-corrected chi connectivity index (χ3v) is 8.30. The molecule has 3 unspecified atom stereocenters. The number of rotatable bonds is 12. The average Bonchev–Trinajstić information content (AvgIpc) is 3.42. The molecule has 0 spiro atoms. The van der Waals surface area contributed by atoms with Gasteiger partial charge in [-0.1, -0.05) is 44.0 Å². The van der Waals surface area contributed by atoms with Crippen LogP contribution in [0.4, 0.5) is 0 Å². The van der Waals surface area contributed by atoms with Gasteiger partial charge in [0, 0.05) is 5.38 Å². The third kappa shape index (κ3) is 7.03. The van der Waals surface area contributed by atoms with Crippen molar-refractivity contribution in [1.82, 2.24) is 4.98 Å². The van der Waals surface area contributed by atoms with Crippen LogP contribution in [-0.2, 0) is 17.6 Å². The number of carbonyl (C=O) groups is 1. The van der Waals surface area contributed by atoms with Crippen molar-refractivity contribution in [2.45, 2.75) is 82.6 Å². The zero-order chi connectivity index (χ0) is 22.9. The quantitative estimate of drug-likeness (QED) is 0.271. The number of carbonyl (C=O) groups excluding carboxylic acids is 1. The zero-order valence-electron chi connectivity index (χ0n) is 19.3. The first kappa shape index (κ1) is 25.2. The van der Waals surface area contributed by atoms with E-state index in [1.165, 1.54) is 30.4 Å². The molecule has 0 saturated heterocycles. The number of aromatic nitrogens is 1. The standard InChI is InChI=1S/C26H36ClNO3S/c1-3-4-10-23(29)20-9-5-7-18(16-20)12-14-21-19(13-15-22(21)27)8-6-11-25-28-17-24(32-25)26(30)31-2/h5,7,9,16-17,19,21-23,29H,3-4,6,8,10-15H2,1-2H3/t19-,21?,22?,23?/m0/s1. The fraction of sp³-hybridized carbons (Fsp3) is 0.615. The van der Waals surface area contributed by atoms with Crippen LogP contribution in [0.5, 0.6) is 0 Å². The van der Waals surface area contributed by atoms with E-state index in [4.69, 9.17) is 16.3 Å². The SMILES string of the molecule is CCCCC(O)c1cccc(CCC2C(Cl)CC[C@@H]2CCCc2ncc(C(=O)OC)s2)c1. The second-order valence-corrected chi connectivity index (χ2v) is 10.6. The van der Waals surface area contributed by atoms with Crippen molar-refractivity contribution in [2.24, 2.45) is 11.8 Å². The lowest BCUT2D eigenvalue weighted by atomic mass is 9.86. The molecule has 0 radical (unpaired) electrons. The van der Waals surface area contributed by atoms with Gasteiger partial charge in [0.05, 0.1) is 24.4 Å². The van der Waals surface area contributed by atoms with Crippen molar-refractivity contribution >= 4 is 28.9 Å². The fourth-order valence-corrected chi connectivity index (χ4v) is 6.20. The molecule has 6 heteroatoms. The molecule has 0 bridgehead atoms. The number of ether oxygens (including phenoxy) is 1. The van der Waals surface area contributed by atoms with Crippen LogP contribution in [0.2, 0.25) is 0 Å². The number of methoxy groups -OCH3 is 1. The van der Waals surface area contributed by atoms with Crippen LogP contribution in [0.25, 0.3) is 0 Å². The van der Waals surface area contributed by atoms with Crippen LogP contribution in [0, 0.1) is 11.8 Å². The number of aliphatic hydroxyl groups excluding tert-OH is 1. The lowest BCUT2D eigenvalue weighted by Gasteiger charge is -2.22. The molecule has 1 fully saturated rings. The van der Waals surface area contributed by atoms with Crippen LogP contribution in [-0.4, -0.2) is 28.5 Å². The Labute approximate surface area is 201 Å². The highest BCUT2D eigenvalue weighted by atomic mass is 35.5. The summed E-state index contributed by atoms with van der Waals surface area (Å²) in [6.07, 6.45) is 11.7. The van der Waals surface area contributed by atoms with Crippen LogP contribution in [0.1, 0.15) is 90.2 Å². The molecular formula is C26H36ClNO3S. The molecule has 1 aliphatic rings. The smallest absolute Gasteiger partial charge is 0.349 e. The Morgan fingerprint density at radius 3 is 2.91 bits per heavy atom. The Kier molecular flexibility index (Phi) is 10.0. The van der Waals surface area contributed by atoms with Gasteiger partial charge in [0.2, 0.25) is 0 Å². The maximum Gasteiger partial charge on any atom is 0.349 e. The van der Waals surface area contributed by atoms with E-state index < -0.39 is 0 Å². The highest BCUT2D eigenvalue weighted by molar-refractivity contribution is 7.13. The number of unbranched alkanes of at least 4 members (excludes halogenated alkanes) is 1. The molecule has 32 heavy (non-hydrogen) atoms. The number of hydrogen-bond donors (Lipinski definition) is 1. The topological polar surface area (TPSA) is 59.4 Å². The molecule has 176 valence electrons. The molecule has 1 saturated carbocycles. The number of alkyl halides is 1. The summed E-state index contributed by atoms with van der Waals surface area (Å²) in [6.45, 7) is 2.15. The van der Waals surface area contributed by atoms with Gasteiger partial charge in [-0.15, -0.1) is 22.9 Å². The van der Waals surface area contributed by atoms with Crippen LogP contribution < -0.4 is 0 Å². The van der Waals surface area contributed by atoms with E-state index in [2.05, 4.69) is 30.1 Å². The minimum absolute atomic E-state index is 0.254. The van der Waals surface area contributed by atoms with Crippen LogP contribution in [0.3, 0.4) is 0 Å². The molecule has 0 amide bonds. The van der Waals surface area contributed by atoms with Gasteiger partial charge in [0.25, 0.3) is 0 Å². The predicted octanol–water partition coefficient (Wildman–Crippen LogP) is 6.74. The molecule has 2 aromatic rings. The maximum absolute atomic E-state index is 11.6. The lowest BCUT2D eigenvalue weighted by Crippen LogP contribution is -2.16. The van der Waals surface area contributed by atoms with Gasteiger partial charge in [-0.2, -0.15) is 0 Å². The number of thiazole rings is 1. The van der Waals surface area contributed by atoms with Gasteiger partial charge < -0.3 is 9.84 Å². The predicted molar refractivity (Wildman–Crippen MR) is 131 cm³/mol. The summed E-state index contributed by atoms with van der Waals surface area (Å²) < 4.78 is 4.77. The second kappa shape index (κ2) is 12.7. The summed E-state index contributed by atoms with van der Waals surface area (Å²) in [5.41, 5.74) is 2.34. The van der Waals surface area contributed by atoms with Gasteiger partial charge in [0.15, 0.2) is 0 Å². The van der Waals surface area contributed by atoms with Crippen LogP contribution in [0.15, 0.2) is 30.5 Å². The minimum Gasteiger partial charge on any atom is -0.465 e. The summed E-state index contributed by atoms with van der Waals surface area (Å²) >= 11 is 8.16. The summed E-state index contributed by atoms with van der Waals surface area (Å²) in [7, 11) is 1.40. The summed E-state index contributed by atoms with van der Waals surface area (Å²) in [6, 6.07) is 8.46. The molecule has 1 N–H and O–H groups in total. The monoisotopic (exact) mass is 477 g/mol. The molecule has 1 heterocycles. The average molecular weight is 478 g/mol. The van der Waals surface area contributed by atoms with Crippen molar-refractivity contribution < 1.29 is 14.6 Å². The molecule has 4 atom stereocenters. The largest absolute Gasteiger partial charge is 0.465 e.